The van der Waals surface area contributed by atoms with E-state index in [4.69, 9.17) is 4.74 Å². The highest BCUT2D eigenvalue weighted by Crippen LogP contribution is 2.58. The first-order chi connectivity index (χ1) is 14.8. The van der Waals surface area contributed by atoms with Crippen LogP contribution in [0.15, 0.2) is 24.3 Å². The Morgan fingerprint density at radius 1 is 1.16 bits per heavy atom. The summed E-state index contributed by atoms with van der Waals surface area (Å²) in [5, 5.41) is 14.9. The SMILES string of the molecule is COC(C)(C)C1c2ccccc2CCN1C(=O)CNCC1(O)C2CC3CC(C2)CC1C3. The molecule has 1 amide bonds. The second-order valence-corrected chi connectivity index (χ2v) is 11.1. The highest BCUT2D eigenvalue weighted by molar-refractivity contribution is 5.79. The normalized spacial score (nSPS) is 36.5. The maximum Gasteiger partial charge on any atom is 0.237 e. The molecule has 5 nitrogen and oxygen atoms in total. The number of rotatable bonds is 6. The number of aliphatic hydroxyl groups is 1. The average molecular weight is 427 g/mol. The van der Waals surface area contributed by atoms with E-state index < -0.39 is 11.2 Å². The van der Waals surface area contributed by atoms with Crippen LogP contribution in [0.1, 0.15) is 63.1 Å². The van der Waals surface area contributed by atoms with Crippen molar-refractivity contribution in [2.75, 3.05) is 26.7 Å². The summed E-state index contributed by atoms with van der Waals surface area (Å²) in [7, 11) is 1.72. The fraction of sp³-hybridized carbons (Fsp3) is 0.731. The number of carbonyl (C=O) groups is 1. The minimum Gasteiger partial charge on any atom is -0.388 e. The van der Waals surface area contributed by atoms with Gasteiger partial charge in [0.1, 0.15) is 0 Å². The molecule has 4 fully saturated rings. The van der Waals surface area contributed by atoms with Crippen molar-refractivity contribution in [2.45, 2.75) is 69.6 Å². The van der Waals surface area contributed by atoms with E-state index in [1.165, 1.54) is 43.2 Å². The molecule has 6 rings (SSSR count). The lowest BCUT2D eigenvalue weighted by Gasteiger charge is -2.59. The fourth-order valence-corrected chi connectivity index (χ4v) is 7.46. The molecule has 31 heavy (non-hydrogen) atoms. The third-order valence-corrected chi connectivity index (χ3v) is 9.02. The number of hydrogen-bond acceptors (Lipinski definition) is 4. The Kier molecular flexibility index (Phi) is 5.43. The molecule has 4 bridgehead atoms. The van der Waals surface area contributed by atoms with Gasteiger partial charge in [-0.1, -0.05) is 24.3 Å². The van der Waals surface area contributed by atoms with E-state index in [1.807, 2.05) is 11.0 Å². The van der Waals surface area contributed by atoms with Crippen molar-refractivity contribution in [3.05, 3.63) is 35.4 Å². The summed E-state index contributed by atoms with van der Waals surface area (Å²) in [6.45, 7) is 5.63. The zero-order chi connectivity index (χ0) is 21.8. The highest BCUT2D eigenvalue weighted by Gasteiger charge is 2.56. The largest absolute Gasteiger partial charge is 0.388 e. The van der Waals surface area contributed by atoms with Gasteiger partial charge < -0.3 is 20.1 Å². The number of hydrogen-bond donors (Lipinski definition) is 2. The molecule has 5 heteroatoms. The van der Waals surface area contributed by atoms with Gasteiger partial charge in [-0.2, -0.15) is 0 Å². The molecule has 1 aromatic rings. The van der Waals surface area contributed by atoms with E-state index in [0.29, 0.717) is 24.9 Å². The van der Waals surface area contributed by atoms with Gasteiger partial charge in [-0.25, -0.2) is 0 Å². The molecule has 1 unspecified atom stereocenters. The molecule has 1 aliphatic heterocycles. The maximum atomic E-state index is 13.4. The third-order valence-electron chi connectivity index (χ3n) is 9.02. The van der Waals surface area contributed by atoms with Gasteiger partial charge in [-0.15, -0.1) is 0 Å². The summed E-state index contributed by atoms with van der Waals surface area (Å²) in [6, 6.07) is 8.30. The van der Waals surface area contributed by atoms with Crippen LogP contribution in [0, 0.1) is 23.7 Å². The molecule has 1 atom stereocenters. The lowest BCUT2D eigenvalue weighted by molar-refractivity contribution is -0.170. The van der Waals surface area contributed by atoms with Gasteiger partial charge in [0.15, 0.2) is 0 Å². The Labute approximate surface area is 186 Å². The highest BCUT2D eigenvalue weighted by atomic mass is 16.5. The Morgan fingerprint density at radius 3 is 2.45 bits per heavy atom. The first-order valence-corrected chi connectivity index (χ1v) is 12.2. The summed E-state index contributed by atoms with van der Waals surface area (Å²) in [4.78, 5) is 15.3. The van der Waals surface area contributed by atoms with Crippen LogP contribution in [0.3, 0.4) is 0 Å². The number of nitrogens with zero attached hydrogens (tertiary/aromatic N) is 1. The molecule has 1 heterocycles. The number of benzene rings is 1. The molecular formula is C26H38N2O3. The topological polar surface area (TPSA) is 61.8 Å². The molecule has 0 aromatic heterocycles. The molecule has 1 aromatic carbocycles. The van der Waals surface area contributed by atoms with Crippen LogP contribution < -0.4 is 5.32 Å². The summed E-state index contributed by atoms with van der Waals surface area (Å²) in [5.74, 6) is 2.57. The van der Waals surface area contributed by atoms with Gasteiger partial charge in [-0.3, -0.25) is 4.79 Å². The van der Waals surface area contributed by atoms with Crippen molar-refractivity contribution >= 4 is 5.91 Å². The van der Waals surface area contributed by atoms with Crippen molar-refractivity contribution in [1.82, 2.24) is 10.2 Å². The van der Waals surface area contributed by atoms with Crippen LogP contribution in [-0.2, 0) is 16.0 Å². The van der Waals surface area contributed by atoms with Crippen LogP contribution >= 0.6 is 0 Å². The summed E-state index contributed by atoms with van der Waals surface area (Å²) in [6.07, 6.45) is 6.94. The number of carbonyl (C=O) groups excluding carboxylic acids is 1. The summed E-state index contributed by atoms with van der Waals surface area (Å²) >= 11 is 0. The molecular weight excluding hydrogens is 388 g/mol. The first kappa shape index (κ1) is 21.4. The van der Waals surface area contributed by atoms with E-state index in [9.17, 15) is 9.90 Å². The first-order valence-electron chi connectivity index (χ1n) is 12.2. The fourth-order valence-electron chi connectivity index (χ4n) is 7.46. The van der Waals surface area contributed by atoms with Crippen LogP contribution in [-0.4, -0.2) is 53.9 Å². The Hall–Kier alpha value is -1.43. The maximum absolute atomic E-state index is 13.4. The van der Waals surface area contributed by atoms with E-state index in [0.717, 1.165) is 18.3 Å². The third kappa shape index (κ3) is 3.63. The molecule has 4 saturated carbocycles. The van der Waals surface area contributed by atoms with Crippen molar-refractivity contribution in [2.24, 2.45) is 23.7 Å². The van der Waals surface area contributed by atoms with Gasteiger partial charge in [0.25, 0.3) is 0 Å². The smallest absolute Gasteiger partial charge is 0.237 e. The van der Waals surface area contributed by atoms with Gasteiger partial charge >= 0.3 is 0 Å². The van der Waals surface area contributed by atoms with E-state index >= 15 is 0 Å². The molecule has 4 aliphatic carbocycles. The molecule has 0 spiro atoms. The molecule has 2 N–H and O–H groups in total. The van der Waals surface area contributed by atoms with Crippen LogP contribution in [0.4, 0.5) is 0 Å². The molecule has 0 saturated heterocycles. The van der Waals surface area contributed by atoms with Gasteiger partial charge in [-0.05, 0) is 87.2 Å². The van der Waals surface area contributed by atoms with Crippen molar-refractivity contribution in [3.63, 3.8) is 0 Å². The lowest BCUT2D eigenvalue weighted by atomic mass is 9.50. The second kappa shape index (κ2) is 7.86. The number of ether oxygens (including phenoxy) is 1. The standard InChI is InChI=1S/C26H38N2O3/c1-25(2,31-3)24-22-7-5-4-6-19(22)8-9-28(24)23(29)15-27-16-26(30)20-11-17-10-18(13-20)14-21(26)12-17/h4-7,17-18,20-21,24,27,30H,8-16H2,1-3H3. The Morgan fingerprint density at radius 2 is 1.81 bits per heavy atom. The van der Waals surface area contributed by atoms with Crippen molar-refractivity contribution < 1.29 is 14.6 Å². The van der Waals surface area contributed by atoms with E-state index in [-0.39, 0.29) is 18.5 Å². The van der Waals surface area contributed by atoms with Crippen molar-refractivity contribution in [3.8, 4) is 0 Å². The number of methoxy groups -OCH3 is 1. The number of nitrogens with one attached hydrogen (secondary N) is 1. The zero-order valence-corrected chi connectivity index (χ0v) is 19.3. The van der Waals surface area contributed by atoms with Gasteiger partial charge in [0.05, 0.1) is 23.8 Å². The second-order valence-electron chi connectivity index (χ2n) is 11.1. The number of amides is 1. The zero-order valence-electron chi connectivity index (χ0n) is 19.3. The predicted molar refractivity (Wildman–Crippen MR) is 121 cm³/mol. The average Bonchev–Trinajstić information content (AvgIpc) is 2.76. The Bertz CT molecular complexity index is 808. The van der Waals surface area contributed by atoms with E-state index in [1.54, 1.807) is 7.11 Å². The quantitative estimate of drug-likeness (QED) is 0.733. The predicted octanol–water partition coefficient (Wildman–Crippen LogP) is 3.31. The Balaban J connectivity index is 1.27. The summed E-state index contributed by atoms with van der Waals surface area (Å²) in [5.41, 5.74) is 1.38. The van der Waals surface area contributed by atoms with Crippen molar-refractivity contribution in [1.29, 1.82) is 0 Å². The lowest BCUT2D eigenvalue weighted by Crippen LogP contribution is -2.62. The number of fused-ring (bicyclic) bond motifs is 1. The van der Waals surface area contributed by atoms with Crippen LogP contribution in [0.5, 0.6) is 0 Å². The minimum atomic E-state index is -0.632. The van der Waals surface area contributed by atoms with Crippen LogP contribution in [0.25, 0.3) is 0 Å². The van der Waals surface area contributed by atoms with E-state index in [2.05, 4.69) is 37.4 Å². The molecule has 5 aliphatic rings. The molecule has 170 valence electrons. The minimum absolute atomic E-state index is 0.0945. The molecule has 0 radical (unpaired) electrons. The van der Waals surface area contributed by atoms with Crippen LogP contribution in [0.2, 0.25) is 0 Å². The summed E-state index contributed by atoms with van der Waals surface area (Å²) < 4.78 is 5.84. The van der Waals surface area contributed by atoms with Gasteiger partial charge in [0, 0.05) is 20.2 Å². The van der Waals surface area contributed by atoms with Gasteiger partial charge in [0.2, 0.25) is 5.91 Å². The monoisotopic (exact) mass is 426 g/mol.